The first-order valence-electron chi connectivity index (χ1n) is 7.20. The number of hydrogen-bond donors (Lipinski definition) is 2. The van der Waals surface area contributed by atoms with Crippen molar-refractivity contribution in [3.05, 3.63) is 29.8 Å². The summed E-state index contributed by atoms with van der Waals surface area (Å²) >= 11 is 0. The first kappa shape index (κ1) is 14.0. The SMILES string of the molecule is NCC1(C2(O)CCS(=O)(=O)c3ccccc32)CCCC1. The van der Waals surface area contributed by atoms with Crippen molar-refractivity contribution in [2.45, 2.75) is 42.6 Å². The summed E-state index contributed by atoms with van der Waals surface area (Å²) in [4.78, 5) is 0.286. The van der Waals surface area contributed by atoms with Gasteiger partial charge < -0.3 is 10.8 Å². The molecule has 1 aliphatic heterocycles. The molecular formula is C15H21NO3S. The maximum atomic E-state index is 12.2. The molecule has 1 aromatic carbocycles. The third-order valence-corrected chi connectivity index (χ3v) is 7.00. The van der Waals surface area contributed by atoms with Gasteiger partial charge in [-0.15, -0.1) is 0 Å². The average Bonchev–Trinajstić information content (AvgIpc) is 2.94. The van der Waals surface area contributed by atoms with Crippen molar-refractivity contribution in [3.8, 4) is 0 Å². The Kier molecular flexibility index (Phi) is 3.19. The average molecular weight is 295 g/mol. The van der Waals surface area contributed by atoms with Crippen molar-refractivity contribution < 1.29 is 13.5 Å². The molecule has 0 aromatic heterocycles. The molecule has 0 spiro atoms. The number of hydrogen-bond acceptors (Lipinski definition) is 4. The molecule has 1 fully saturated rings. The number of aliphatic hydroxyl groups is 1. The molecule has 1 heterocycles. The van der Waals surface area contributed by atoms with Gasteiger partial charge in [-0.3, -0.25) is 0 Å². The molecule has 20 heavy (non-hydrogen) atoms. The molecule has 3 N–H and O–H groups in total. The first-order chi connectivity index (χ1) is 9.45. The highest BCUT2D eigenvalue weighted by Crippen LogP contribution is 2.55. The fourth-order valence-corrected chi connectivity index (χ4v) is 5.64. The largest absolute Gasteiger partial charge is 0.384 e. The summed E-state index contributed by atoms with van der Waals surface area (Å²) in [5.41, 5.74) is 5.07. The molecular weight excluding hydrogens is 274 g/mol. The summed E-state index contributed by atoms with van der Waals surface area (Å²) < 4.78 is 24.5. The standard InChI is InChI=1S/C15H21NO3S/c16-11-14(7-3-4-8-14)15(17)9-10-20(18,19)13-6-2-1-5-12(13)15/h1-2,5-6,17H,3-4,7-11,16H2. The van der Waals surface area contributed by atoms with Gasteiger partial charge in [-0.1, -0.05) is 31.0 Å². The Labute approximate surface area is 119 Å². The van der Waals surface area contributed by atoms with Crippen molar-refractivity contribution in [1.82, 2.24) is 0 Å². The molecule has 4 nitrogen and oxygen atoms in total. The van der Waals surface area contributed by atoms with Gasteiger partial charge >= 0.3 is 0 Å². The molecule has 3 rings (SSSR count). The van der Waals surface area contributed by atoms with Gasteiger partial charge in [0.05, 0.1) is 16.2 Å². The second kappa shape index (κ2) is 4.55. The van der Waals surface area contributed by atoms with E-state index in [9.17, 15) is 13.5 Å². The minimum atomic E-state index is -3.28. The Balaban J connectivity index is 2.20. The Bertz CT molecular complexity index is 620. The Hall–Kier alpha value is -0.910. The van der Waals surface area contributed by atoms with Gasteiger partial charge in [0.1, 0.15) is 0 Å². The first-order valence-corrected chi connectivity index (χ1v) is 8.85. The summed E-state index contributed by atoms with van der Waals surface area (Å²) in [6.07, 6.45) is 4.09. The van der Waals surface area contributed by atoms with Crippen LogP contribution < -0.4 is 5.73 Å². The molecule has 0 saturated heterocycles. The van der Waals surface area contributed by atoms with E-state index in [1.54, 1.807) is 24.3 Å². The number of sulfone groups is 1. The Morgan fingerprint density at radius 2 is 1.80 bits per heavy atom. The fourth-order valence-electron chi connectivity index (χ4n) is 4.00. The van der Waals surface area contributed by atoms with E-state index in [1.165, 1.54) is 0 Å². The van der Waals surface area contributed by atoms with E-state index >= 15 is 0 Å². The van der Waals surface area contributed by atoms with Crippen molar-refractivity contribution in [2.75, 3.05) is 12.3 Å². The summed E-state index contributed by atoms with van der Waals surface area (Å²) in [6.45, 7) is 0.401. The molecule has 1 aromatic rings. The van der Waals surface area contributed by atoms with Crippen LogP contribution in [0.5, 0.6) is 0 Å². The third-order valence-electron chi connectivity index (χ3n) is 5.23. The maximum absolute atomic E-state index is 12.2. The smallest absolute Gasteiger partial charge is 0.178 e. The summed E-state index contributed by atoms with van der Waals surface area (Å²) in [5.74, 6) is 0.00225. The van der Waals surface area contributed by atoms with Crippen LogP contribution in [-0.2, 0) is 15.4 Å². The minimum absolute atomic E-state index is 0.00225. The van der Waals surface area contributed by atoms with Gasteiger partial charge in [-0.2, -0.15) is 0 Å². The molecule has 110 valence electrons. The van der Waals surface area contributed by atoms with Crippen LogP contribution in [0.1, 0.15) is 37.7 Å². The third kappa shape index (κ3) is 1.76. The van der Waals surface area contributed by atoms with Gasteiger partial charge in [0.25, 0.3) is 0 Å². The number of rotatable bonds is 2. The van der Waals surface area contributed by atoms with Crippen molar-refractivity contribution >= 4 is 9.84 Å². The zero-order valence-corrected chi connectivity index (χ0v) is 12.3. The van der Waals surface area contributed by atoms with Crippen LogP contribution in [-0.4, -0.2) is 25.8 Å². The second-order valence-electron chi connectivity index (χ2n) is 6.12. The normalized spacial score (nSPS) is 30.9. The molecule has 1 aliphatic carbocycles. The Morgan fingerprint density at radius 1 is 1.15 bits per heavy atom. The van der Waals surface area contributed by atoms with Gasteiger partial charge in [0.2, 0.25) is 0 Å². The van der Waals surface area contributed by atoms with E-state index in [4.69, 9.17) is 5.73 Å². The van der Waals surface area contributed by atoms with Gasteiger partial charge in [0, 0.05) is 17.5 Å². The van der Waals surface area contributed by atoms with Crippen LogP contribution in [0.3, 0.4) is 0 Å². The monoisotopic (exact) mass is 295 g/mol. The predicted octanol–water partition coefficient (Wildman–Crippen LogP) is 1.57. The van der Waals surface area contributed by atoms with E-state index in [2.05, 4.69) is 0 Å². The summed E-state index contributed by atoms with van der Waals surface area (Å²) in [6, 6.07) is 6.87. The highest BCUT2D eigenvalue weighted by molar-refractivity contribution is 7.91. The van der Waals surface area contributed by atoms with Crippen LogP contribution in [0, 0.1) is 5.41 Å². The van der Waals surface area contributed by atoms with Crippen molar-refractivity contribution in [3.63, 3.8) is 0 Å². The van der Waals surface area contributed by atoms with Crippen LogP contribution in [0.15, 0.2) is 29.2 Å². The minimum Gasteiger partial charge on any atom is -0.384 e. The molecule has 1 unspecified atom stereocenters. The molecule has 0 radical (unpaired) electrons. The topological polar surface area (TPSA) is 80.4 Å². The lowest BCUT2D eigenvalue weighted by atomic mass is 9.65. The molecule has 1 saturated carbocycles. The van der Waals surface area contributed by atoms with Crippen LogP contribution in [0.2, 0.25) is 0 Å². The van der Waals surface area contributed by atoms with Crippen LogP contribution in [0.25, 0.3) is 0 Å². The van der Waals surface area contributed by atoms with Crippen molar-refractivity contribution in [2.24, 2.45) is 11.1 Å². The van der Waals surface area contributed by atoms with E-state index in [0.717, 1.165) is 25.7 Å². The second-order valence-corrected chi connectivity index (χ2v) is 8.19. The number of nitrogens with two attached hydrogens (primary N) is 1. The van der Waals surface area contributed by atoms with E-state index in [-0.39, 0.29) is 22.5 Å². The van der Waals surface area contributed by atoms with Crippen molar-refractivity contribution in [1.29, 1.82) is 0 Å². The predicted molar refractivity (Wildman–Crippen MR) is 77.0 cm³/mol. The molecule has 2 aliphatic rings. The van der Waals surface area contributed by atoms with E-state index in [1.807, 2.05) is 0 Å². The maximum Gasteiger partial charge on any atom is 0.178 e. The molecule has 5 heteroatoms. The lowest BCUT2D eigenvalue weighted by molar-refractivity contribution is -0.0914. The van der Waals surface area contributed by atoms with E-state index in [0.29, 0.717) is 12.1 Å². The van der Waals surface area contributed by atoms with Crippen LogP contribution >= 0.6 is 0 Å². The fraction of sp³-hybridized carbons (Fsp3) is 0.600. The summed E-state index contributed by atoms with van der Waals surface area (Å²) in [7, 11) is -3.28. The van der Waals surface area contributed by atoms with Gasteiger partial charge in [0.15, 0.2) is 9.84 Å². The highest BCUT2D eigenvalue weighted by Gasteiger charge is 2.55. The lowest BCUT2D eigenvalue weighted by Gasteiger charge is -2.47. The number of fused-ring (bicyclic) bond motifs is 1. The van der Waals surface area contributed by atoms with Gasteiger partial charge in [-0.25, -0.2) is 8.42 Å². The van der Waals surface area contributed by atoms with Gasteiger partial charge in [-0.05, 0) is 25.3 Å². The summed E-state index contributed by atoms with van der Waals surface area (Å²) in [5, 5.41) is 11.4. The quantitative estimate of drug-likeness (QED) is 0.868. The zero-order valence-electron chi connectivity index (χ0n) is 11.5. The van der Waals surface area contributed by atoms with Crippen LogP contribution in [0.4, 0.5) is 0 Å². The van der Waals surface area contributed by atoms with E-state index < -0.39 is 15.4 Å². The highest BCUT2D eigenvalue weighted by atomic mass is 32.2. The molecule has 1 atom stereocenters. The lowest BCUT2D eigenvalue weighted by Crippen LogP contribution is -2.52. The zero-order chi connectivity index (χ0) is 14.4. The molecule has 0 amide bonds. The Morgan fingerprint density at radius 3 is 2.45 bits per heavy atom. The molecule has 0 bridgehead atoms. The number of benzene rings is 1.